The first-order chi connectivity index (χ1) is 15.9. The summed E-state index contributed by atoms with van der Waals surface area (Å²) in [6, 6.07) is 1.15. The van der Waals surface area contributed by atoms with Crippen molar-refractivity contribution in [3.05, 3.63) is 33.1 Å². The summed E-state index contributed by atoms with van der Waals surface area (Å²) in [5.74, 6) is -0.672. The van der Waals surface area contributed by atoms with Gasteiger partial charge >= 0.3 is 19.5 Å². The molecule has 1 aromatic rings. The van der Waals surface area contributed by atoms with Crippen molar-refractivity contribution in [3.63, 3.8) is 0 Å². The molecular formula is C19H28N3O11P. The number of rotatable bonds is 9. The smallest absolute Gasteiger partial charge is 0.461 e. The Morgan fingerprint density at radius 3 is 2.59 bits per heavy atom. The number of carbonyl (C=O) groups is 1. The number of H-pyrrole nitrogens is 1. The lowest BCUT2D eigenvalue weighted by atomic mass is 9.92. The molecule has 0 amide bonds. The number of aromatic amines is 1. The van der Waals surface area contributed by atoms with Gasteiger partial charge in [-0.25, -0.2) is 14.2 Å². The van der Waals surface area contributed by atoms with Gasteiger partial charge in [0.25, 0.3) is 5.56 Å². The van der Waals surface area contributed by atoms with E-state index in [1.807, 2.05) is 0 Å². The normalized spacial score (nSPS) is 37.8. The van der Waals surface area contributed by atoms with Crippen LogP contribution in [0.3, 0.4) is 0 Å². The van der Waals surface area contributed by atoms with Crippen LogP contribution in [0.25, 0.3) is 0 Å². The minimum Gasteiger partial charge on any atom is -0.461 e. The molecule has 4 rings (SSSR count). The molecular weight excluding hydrogens is 477 g/mol. The van der Waals surface area contributed by atoms with E-state index in [1.165, 1.54) is 20.4 Å². The fourth-order valence-electron chi connectivity index (χ4n) is 4.41. The third kappa shape index (κ3) is 3.88. The Balaban J connectivity index is 1.47. The SMILES string of the molecule is CO[C@H](CO[P@]1(=O)OC2[C@H]3O[C@@H](n4ccc(=O)[nH]c4=O)[C@](C)(N)[C@@]23O1)[C@@H](OC)C(=O)OC(C)C. The van der Waals surface area contributed by atoms with Gasteiger partial charge in [0.15, 0.2) is 17.9 Å². The van der Waals surface area contributed by atoms with Gasteiger partial charge in [-0.15, -0.1) is 0 Å². The molecule has 1 spiro atoms. The predicted molar refractivity (Wildman–Crippen MR) is 113 cm³/mol. The first kappa shape index (κ1) is 25.2. The van der Waals surface area contributed by atoms with E-state index >= 15 is 0 Å². The van der Waals surface area contributed by atoms with Gasteiger partial charge in [-0.2, -0.15) is 0 Å². The summed E-state index contributed by atoms with van der Waals surface area (Å²) in [7, 11) is -1.51. The Labute approximate surface area is 194 Å². The monoisotopic (exact) mass is 505 g/mol. The van der Waals surface area contributed by atoms with Crippen LogP contribution in [0.5, 0.6) is 0 Å². The van der Waals surface area contributed by atoms with E-state index in [0.717, 1.165) is 10.6 Å². The van der Waals surface area contributed by atoms with Gasteiger partial charge in [-0.3, -0.25) is 27.9 Å². The van der Waals surface area contributed by atoms with Crippen molar-refractivity contribution >= 4 is 13.8 Å². The van der Waals surface area contributed by atoms with Crippen molar-refractivity contribution in [2.24, 2.45) is 5.73 Å². The van der Waals surface area contributed by atoms with E-state index in [1.54, 1.807) is 20.8 Å². The number of carbonyl (C=O) groups excluding carboxylic acids is 1. The second-order valence-corrected chi connectivity index (χ2v) is 10.3. The fourth-order valence-corrected chi connectivity index (χ4v) is 6.22. The summed E-state index contributed by atoms with van der Waals surface area (Å²) < 4.78 is 52.5. The highest BCUT2D eigenvalue weighted by molar-refractivity contribution is 7.48. The molecule has 0 bridgehead atoms. The third-order valence-corrected chi connectivity index (χ3v) is 7.60. The van der Waals surface area contributed by atoms with Crippen LogP contribution in [0.4, 0.5) is 0 Å². The Kier molecular flexibility index (Phi) is 6.41. The average Bonchev–Trinajstić information content (AvgIpc) is 3.06. The second-order valence-electron chi connectivity index (χ2n) is 8.78. The molecule has 2 aliphatic heterocycles. The zero-order chi connectivity index (χ0) is 25.1. The molecule has 1 aliphatic carbocycles. The Morgan fingerprint density at radius 2 is 2.00 bits per heavy atom. The molecule has 190 valence electrons. The number of hydrogen-bond donors (Lipinski definition) is 2. The van der Waals surface area contributed by atoms with Crippen LogP contribution >= 0.6 is 7.82 Å². The quantitative estimate of drug-likeness (QED) is 0.323. The summed E-state index contributed by atoms with van der Waals surface area (Å²) in [5.41, 5.74) is 2.50. The lowest BCUT2D eigenvalue weighted by Gasteiger charge is -2.33. The molecule has 1 aromatic heterocycles. The minimum absolute atomic E-state index is 0.376. The molecule has 0 radical (unpaired) electrons. The van der Waals surface area contributed by atoms with Crippen LogP contribution in [0.15, 0.2) is 21.9 Å². The van der Waals surface area contributed by atoms with Gasteiger partial charge in [-0.1, -0.05) is 0 Å². The van der Waals surface area contributed by atoms with E-state index in [0.29, 0.717) is 0 Å². The van der Waals surface area contributed by atoms with Gasteiger partial charge in [0, 0.05) is 26.5 Å². The van der Waals surface area contributed by atoms with Crippen molar-refractivity contribution in [3.8, 4) is 0 Å². The highest BCUT2D eigenvalue weighted by Gasteiger charge is 2.89. The molecule has 8 atom stereocenters. The number of nitrogens with one attached hydrogen (secondary N) is 1. The highest BCUT2D eigenvalue weighted by atomic mass is 31.2. The van der Waals surface area contributed by atoms with Crippen molar-refractivity contribution in [2.45, 2.75) is 68.7 Å². The maximum absolute atomic E-state index is 13.2. The molecule has 15 heteroatoms. The lowest BCUT2D eigenvalue weighted by molar-refractivity contribution is -0.169. The number of phosphoric ester groups is 1. The van der Waals surface area contributed by atoms with Crippen LogP contribution < -0.4 is 17.0 Å². The number of nitrogens with two attached hydrogens (primary N) is 1. The number of nitrogens with zero attached hydrogens (tertiary/aromatic N) is 1. The number of fused-ring (bicyclic) bond motifs is 1. The number of hydrogen-bond acceptors (Lipinski definition) is 12. The van der Waals surface area contributed by atoms with E-state index in [2.05, 4.69) is 4.98 Å². The second kappa shape index (κ2) is 8.64. The van der Waals surface area contributed by atoms with Crippen LogP contribution in [-0.2, 0) is 41.9 Å². The minimum atomic E-state index is -4.14. The largest absolute Gasteiger partial charge is 0.476 e. The highest BCUT2D eigenvalue weighted by Crippen LogP contribution is 2.77. The summed E-state index contributed by atoms with van der Waals surface area (Å²) >= 11 is 0. The van der Waals surface area contributed by atoms with E-state index in [9.17, 15) is 18.9 Å². The van der Waals surface area contributed by atoms with Gasteiger partial charge in [-0.05, 0) is 20.8 Å². The molecule has 14 nitrogen and oxygen atoms in total. The first-order valence-corrected chi connectivity index (χ1v) is 12.0. The maximum Gasteiger partial charge on any atom is 0.476 e. The molecule has 2 saturated heterocycles. The summed E-state index contributed by atoms with van der Waals surface area (Å²) in [6.07, 6.45) is -3.77. The molecule has 1 unspecified atom stereocenters. The van der Waals surface area contributed by atoms with Gasteiger partial charge in [0.2, 0.25) is 0 Å². The van der Waals surface area contributed by atoms with Crippen LogP contribution in [-0.4, -0.2) is 78.0 Å². The van der Waals surface area contributed by atoms with Gasteiger partial charge < -0.3 is 24.7 Å². The van der Waals surface area contributed by atoms with Crippen molar-refractivity contribution < 1.29 is 41.9 Å². The topological polar surface area (TPSA) is 180 Å². The van der Waals surface area contributed by atoms with Crippen molar-refractivity contribution in [1.29, 1.82) is 0 Å². The van der Waals surface area contributed by atoms with Gasteiger partial charge in [0.1, 0.15) is 18.3 Å². The number of ether oxygens (including phenoxy) is 4. The molecule has 3 heterocycles. The van der Waals surface area contributed by atoms with Crippen LogP contribution in [0.2, 0.25) is 0 Å². The molecule has 34 heavy (non-hydrogen) atoms. The zero-order valence-corrected chi connectivity index (χ0v) is 20.2. The molecule has 3 fully saturated rings. The van der Waals surface area contributed by atoms with E-state index < -0.39 is 66.8 Å². The summed E-state index contributed by atoms with van der Waals surface area (Å²) in [5, 5.41) is 0. The predicted octanol–water partition coefficient (Wildman–Crippen LogP) is -0.574. The fraction of sp³-hybridized carbons (Fsp3) is 0.737. The molecule has 1 saturated carbocycles. The number of esters is 1. The zero-order valence-electron chi connectivity index (χ0n) is 19.3. The van der Waals surface area contributed by atoms with Crippen LogP contribution in [0, 0.1) is 0 Å². The lowest BCUT2D eigenvalue weighted by Crippen LogP contribution is -2.57. The van der Waals surface area contributed by atoms with Crippen LogP contribution in [0.1, 0.15) is 27.0 Å². The molecule has 3 N–H and O–H groups in total. The Hall–Kier alpha value is -1.90. The molecule has 0 aromatic carbocycles. The van der Waals surface area contributed by atoms with Crippen molar-refractivity contribution in [1.82, 2.24) is 9.55 Å². The van der Waals surface area contributed by atoms with E-state index in [-0.39, 0.29) is 12.7 Å². The van der Waals surface area contributed by atoms with E-state index in [4.69, 9.17) is 38.3 Å². The number of methoxy groups -OCH3 is 2. The Bertz CT molecular complexity index is 1120. The van der Waals surface area contributed by atoms with Crippen molar-refractivity contribution in [2.75, 3.05) is 20.8 Å². The third-order valence-electron chi connectivity index (χ3n) is 6.13. The average molecular weight is 505 g/mol. The molecule has 3 aliphatic rings. The maximum atomic E-state index is 13.2. The summed E-state index contributed by atoms with van der Waals surface area (Å²) in [6.45, 7) is 4.56. The standard InChI is InChI=1S/C19H28N3O11P/c1-9(2)30-15(24)12(28-5)10(27-4)8-29-34(26)32-14-13-19(14,33-34)18(3,20)16(31-13)22-7-6-11(23)21-17(22)25/h6-7,9-10,12-14,16H,8,20H2,1-5H3,(H,21,23,25)/t10-,12-,13-,14?,16-,18+,19+,34-/m1/s1. The number of phosphoric acid groups is 1. The number of aromatic nitrogens is 2. The summed E-state index contributed by atoms with van der Waals surface area (Å²) in [4.78, 5) is 38.0. The first-order valence-electron chi connectivity index (χ1n) is 10.6. The van der Waals surface area contributed by atoms with Gasteiger partial charge in [0.05, 0.1) is 18.2 Å². The Morgan fingerprint density at radius 1 is 1.29 bits per heavy atom.